The molecule has 1 spiro atoms. The average Bonchev–Trinajstić information content (AvgIpc) is 3.28. The Morgan fingerprint density at radius 2 is 1.87 bits per heavy atom. The van der Waals surface area contributed by atoms with Gasteiger partial charge in [0.15, 0.2) is 0 Å². The molecule has 7 rings (SSSR count). The van der Waals surface area contributed by atoms with Gasteiger partial charge in [0.1, 0.15) is 11.4 Å². The van der Waals surface area contributed by atoms with Crippen LogP contribution in [-0.4, -0.2) is 114 Å². The number of anilines is 1. The molecule has 1 saturated carbocycles. The van der Waals surface area contributed by atoms with E-state index in [9.17, 15) is 13.2 Å². The van der Waals surface area contributed by atoms with Crippen LogP contribution in [0, 0.1) is 17.8 Å². The maximum absolute atomic E-state index is 13.7. The smallest absolute Gasteiger partial charge is 0.264 e. The number of fused-ring (bicyclic) bond motifs is 4. The highest BCUT2D eigenvalue weighted by atomic mass is 35.5. The van der Waals surface area contributed by atoms with Gasteiger partial charge >= 0.3 is 0 Å². The number of rotatable bonds is 6. The number of aryl methyl sites for hydroxylation is 1. The molecule has 6 atom stereocenters. The number of ether oxygens (including phenoxy) is 3. The van der Waals surface area contributed by atoms with E-state index in [4.69, 9.17) is 25.8 Å². The summed E-state index contributed by atoms with van der Waals surface area (Å²) in [4.78, 5) is 21.2. The van der Waals surface area contributed by atoms with E-state index in [1.165, 1.54) is 11.1 Å². The molecule has 5 aliphatic rings. The number of halogens is 1. The van der Waals surface area contributed by atoms with Crippen molar-refractivity contribution >= 4 is 33.2 Å². The number of methoxy groups -OCH3 is 2. The predicted octanol–water partition coefficient (Wildman–Crippen LogP) is 6.31. The standard InChI is InChI=1S/C43H61ClN4O6S/c1-30-9-7-18-43(53-6,28-46-19-20-48(21-22-52-5)41(3,4)26-46)37-14-11-34(37)25-47-27-42(17-8-10-32-23-35(44)13-15-36(32)42)29-54-39-16-12-33(24-38(39)47)40(49)45-55(50,51)31(30)2/h7,12-13,15-16,18,23-24,30-31,34,37H,8-11,14,17,19-22,25-29H2,1-6H3,(H,45,49)/b18-7-/t30-,31+,34-,37+,42-,43+/m0/s1. The lowest BCUT2D eigenvalue weighted by atomic mass is 9.63. The Balaban J connectivity index is 1.28. The number of benzene rings is 2. The number of hydrogen-bond acceptors (Lipinski definition) is 9. The predicted molar refractivity (Wildman–Crippen MR) is 219 cm³/mol. The highest BCUT2D eigenvalue weighted by Gasteiger charge is 2.50. The van der Waals surface area contributed by atoms with Crippen molar-refractivity contribution in [1.29, 1.82) is 0 Å². The summed E-state index contributed by atoms with van der Waals surface area (Å²) in [6, 6.07) is 11.7. The molecule has 2 bridgehead atoms. The van der Waals surface area contributed by atoms with E-state index < -0.39 is 26.8 Å². The Labute approximate surface area is 333 Å². The molecule has 3 heterocycles. The Hall–Kier alpha value is -2.67. The number of piperazine rings is 1. The Morgan fingerprint density at radius 3 is 2.60 bits per heavy atom. The first-order valence-electron chi connectivity index (χ1n) is 20.2. The number of hydrogen-bond donors (Lipinski definition) is 1. The molecule has 2 aromatic carbocycles. The molecule has 10 nitrogen and oxygen atoms in total. The molecule has 302 valence electrons. The lowest BCUT2D eigenvalue weighted by Gasteiger charge is -2.54. The topological polar surface area (TPSA) is 101 Å². The molecule has 2 fully saturated rings. The Kier molecular flexibility index (Phi) is 11.7. The summed E-state index contributed by atoms with van der Waals surface area (Å²) in [7, 11) is -0.357. The van der Waals surface area contributed by atoms with E-state index in [0.29, 0.717) is 43.4 Å². The number of nitrogens with one attached hydrogen (secondary N) is 1. The first kappa shape index (κ1) is 40.5. The zero-order valence-electron chi connectivity index (χ0n) is 33.6. The van der Waals surface area contributed by atoms with E-state index >= 15 is 0 Å². The average molecular weight is 798 g/mol. The fourth-order valence-electron chi connectivity index (χ4n) is 10.2. The van der Waals surface area contributed by atoms with Gasteiger partial charge in [-0.2, -0.15) is 0 Å². The van der Waals surface area contributed by atoms with Crippen molar-refractivity contribution in [2.45, 2.75) is 88.0 Å². The van der Waals surface area contributed by atoms with Crippen molar-refractivity contribution < 1.29 is 27.4 Å². The van der Waals surface area contributed by atoms with Gasteiger partial charge in [-0.15, -0.1) is 0 Å². The van der Waals surface area contributed by atoms with Gasteiger partial charge in [0.25, 0.3) is 5.91 Å². The van der Waals surface area contributed by atoms with Gasteiger partial charge in [-0.1, -0.05) is 36.7 Å². The molecule has 0 unspecified atom stereocenters. The molecule has 0 aromatic heterocycles. The van der Waals surface area contributed by atoms with Crippen molar-refractivity contribution in [2.24, 2.45) is 17.8 Å². The van der Waals surface area contributed by atoms with E-state index in [-0.39, 0.29) is 22.8 Å². The monoisotopic (exact) mass is 796 g/mol. The molecule has 12 heteroatoms. The fourth-order valence-corrected chi connectivity index (χ4v) is 11.7. The van der Waals surface area contributed by atoms with E-state index in [1.54, 1.807) is 20.1 Å². The quantitative estimate of drug-likeness (QED) is 0.338. The third-order valence-electron chi connectivity index (χ3n) is 13.8. The number of amides is 1. The first-order valence-corrected chi connectivity index (χ1v) is 22.2. The molecular formula is C43H61ClN4O6S. The highest BCUT2D eigenvalue weighted by molar-refractivity contribution is 7.90. The van der Waals surface area contributed by atoms with Crippen LogP contribution in [0.25, 0.3) is 0 Å². The van der Waals surface area contributed by atoms with Crippen molar-refractivity contribution in [3.63, 3.8) is 0 Å². The SMILES string of the molecule is COCCN1CCN(C[C@]2(OC)/C=C\C[C@H](C)[C@@H](C)S(=O)(=O)NC(=O)c3ccc4c(c3)N(C[C@@H]3CC[C@H]32)C[C@@]2(CCCc3cc(Cl)ccc32)CO4)CC1(C)C. The second-order valence-corrected chi connectivity index (χ2v) is 20.2. The molecule has 1 amide bonds. The summed E-state index contributed by atoms with van der Waals surface area (Å²) >= 11 is 6.52. The lowest BCUT2D eigenvalue weighted by molar-refractivity contribution is -0.105. The van der Waals surface area contributed by atoms with E-state index in [0.717, 1.165) is 82.1 Å². The van der Waals surface area contributed by atoms with Crippen LogP contribution in [0.4, 0.5) is 5.69 Å². The van der Waals surface area contributed by atoms with Crippen molar-refractivity contribution in [1.82, 2.24) is 14.5 Å². The zero-order valence-corrected chi connectivity index (χ0v) is 35.2. The molecule has 1 saturated heterocycles. The molecule has 1 N–H and O–H groups in total. The summed E-state index contributed by atoms with van der Waals surface area (Å²) in [6.07, 6.45) is 10.0. The molecule has 3 aliphatic heterocycles. The largest absolute Gasteiger partial charge is 0.490 e. The maximum atomic E-state index is 13.7. The molecule has 0 radical (unpaired) electrons. The van der Waals surface area contributed by atoms with Crippen LogP contribution >= 0.6 is 11.6 Å². The third kappa shape index (κ3) is 8.08. The Morgan fingerprint density at radius 1 is 1.05 bits per heavy atom. The van der Waals surface area contributed by atoms with E-state index in [1.807, 2.05) is 32.2 Å². The van der Waals surface area contributed by atoms with Crippen LogP contribution < -0.4 is 14.4 Å². The van der Waals surface area contributed by atoms with Gasteiger partial charge < -0.3 is 19.1 Å². The van der Waals surface area contributed by atoms with Crippen molar-refractivity contribution in [2.75, 3.05) is 78.1 Å². The van der Waals surface area contributed by atoms with Crippen molar-refractivity contribution in [3.05, 3.63) is 70.3 Å². The second-order valence-electron chi connectivity index (χ2n) is 17.7. The zero-order chi connectivity index (χ0) is 39.2. The van der Waals surface area contributed by atoms with Crippen LogP contribution in [0.1, 0.15) is 81.3 Å². The number of nitrogens with zero attached hydrogens (tertiary/aromatic N) is 3. The highest BCUT2D eigenvalue weighted by Crippen LogP contribution is 2.49. The first-order chi connectivity index (χ1) is 26.2. The van der Waals surface area contributed by atoms with Crippen LogP contribution in [0.2, 0.25) is 5.02 Å². The number of carbonyl (C=O) groups is 1. The van der Waals surface area contributed by atoms with Gasteiger partial charge in [0.2, 0.25) is 10.0 Å². The minimum absolute atomic E-state index is 0.0300. The molecule has 2 aliphatic carbocycles. The second kappa shape index (κ2) is 15.9. The molecular weight excluding hydrogens is 736 g/mol. The van der Waals surface area contributed by atoms with Gasteiger partial charge in [0, 0.05) is 81.6 Å². The summed E-state index contributed by atoms with van der Waals surface area (Å²) in [5.41, 5.74) is 2.81. The molecule has 55 heavy (non-hydrogen) atoms. The summed E-state index contributed by atoms with van der Waals surface area (Å²) in [5, 5.41) is -0.0437. The van der Waals surface area contributed by atoms with Crippen LogP contribution in [0.5, 0.6) is 5.75 Å². The third-order valence-corrected chi connectivity index (χ3v) is 16.0. The fraction of sp³-hybridized carbons (Fsp3) is 0.651. The minimum atomic E-state index is -3.97. The van der Waals surface area contributed by atoms with Crippen LogP contribution in [0.3, 0.4) is 0 Å². The molecule has 2 aromatic rings. The maximum Gasteiger partial charge on any atom is 0.264 e. The minimum Gasteiger partial charge on any atom is -0.490 e. The van der Waals surface area contributed by atoms with Crippen LogP contribution in [0.15, 0.2) is 48.6 Å². The normalized spacial score (nSPS) is 33.0. The summed E-state index contributed by atoms with van der Waals surface area (Å²) in [6.45, 7) is 15.4. The van der Waals surface area contributed by atoms with Gasteiger partial charge in [-0.05, 0) is 119 Å². The lowest BCUT2D eigenvalue weighted by Crippen LogP contribution is -2.64. The van der Waals surface area contributed by atoms with Crippen LogP contribution in [-0.2, 0) is 31.3 Å². The summed E-state index contributed by atoms with van der Waals surface area (Å²) in [5.74, 6) is 0.415. The Bertz CT molecular complexity index is 1870. The number of allylic oxidation sites excluding steroid dienone is 1. The van der Waals surface area contributed by atoms with Gasteiger partial charge in [-0.3, -0.25) is 14.6 Å². The van der Waals surface area contributed by atoms with Gasteiger partial charge in [-0.25, -0.2) is 13.1 Å². The number of carbonyl (C=O) groups excluding carboxylic acids is 1. The summed E-state index contributed by atoms with van der Waals surface area (Å²) < 4.78 is 48.6. The van der Waals surface area contributed by atoms with Gasteiger partial charge in [0.05, 0.1) is 24.2 Å². The number of sulfonamides is 1. The van der Waals surface area contributed by atoms with E-state index in [2.05, 4.69) is 57.6 Å². The van der Waals surface area contributed by atoms with Crippen molar-refractivity contribution in [3.8, 4) is 5.75 Å².